The third-order valence-electron chi connectivity index (χ3n) is 5.25. The van der Waals surface area contributed by atoms with Gasteiger partial charge in [-0.3, -0.25) is 9.53 Å². The average Bonchev–Trinajstić information content (AvgIpc) is 2.69. The quantitative estimate of drug-likeness (QED) is 0.640. The van der Waals surface area contributed by atoms with E-state index in [1.165, 1.54) is 29.2 Å². The van der Waals surface area contributed by atoms with Crippen LogP contribution in [0.3, 0.4) is 0 Å². The number of nitrogens with zero attached hydrogens (tertiary/aromatic N) is 2. The first-order chi connectivity index (χ1) is 14.8. The van der Waals surface area contributed by atoms with Crippen molar-refractivity contribution in [3.63, 3.8) is 0 Å². The molecule has 3 rings (SSSR count). The van der Waals surface area contributed by atoms with Gasteiger partial charge in [0, 0.05) is 24.1 Å². The zero-order valence-electron chi connectivity index (χ0n) is 17.4. The fourth-order valence-electron chi connectivity index (χ4n) is 3.69. The van der Waals surface area contributed by atoms with Crippen LogP contribution in [0, 0.1) is 11.3 Å². The number of carbonyl (C=O) groups is 1. The lowest BCUT2D eigenvalue weighted by Gasteiger charge is -2.39. The van der Waals surface area contributed by atoms with Crippen LogP contribution in [0.25, 0.3) is 0 Å². The van der Waals surface area contributed by atoms with Crippen molar-refractivity contribution in [2.24, 2.45) is 0 Å². The Balaban J connectivity index is 1.88. The zero-order chi connectivity index (χ0) is 23.7. The molecule has 0 bridgehead atoms. The molecule has 32 heavy (non-hydrogen) atoms. The number of benzene rings is 2. The number of anilines is 1. The van der Waals surface area contributed by atoms with Gasteiger partial charge < -0.3 is 4.90 Å². The molecule has 0 aliphatic carbocycles. The van der Waals surface area contributed by atoms with Crippen LogP contribution < -0.4 is 4.90 Å². The number of alkyl halides is 3. The average molecular weight is 466 g/mol. The maximum atomic E-state index is 12.8. The van der Waals surface area contributed by atoms with Gasteiger partial charge in [-0.2, -0.15) is 5.26 Å². The van der Waals surface area contributed by atoms with Crippen LogP contribution in [-0.2, 0) is 30.5 Å². The molecule has 0 spiro atoms. The fourth-order valence-corrected chi connectivity index (χ4v) is 5.03. The summed E-state index contributed by atoms with van der Waals surface area (Å²) in [4.78, 5) is 13.9. The lowest BCUT2D eigenvalue weighted by atomic mass is 9.77. The predicted octanol–water partition coefficient (Wildman–Crippen LogP) is 4.08. The van der Waals surface area contributed by atoms with Crippen LogP contribution in [0.5, 0.6) is 0 Å². The highest BCUT2D eigenvalue weighted by Crippen LogP contribution is 2.41. The minimum atomic E-state index is -4.79. The summed E-state index contributed by atoms with van der Waals surface area (Å²) in [7, 11) is -3.69. The highest BCUT2D eigenvalue weighted by Gasteiger charge is 2.37. The molecule has 0 N–H and O–H groups in total. The van der Waals surface area contributed by atoms with Crippen LogP contribution in [0.4, 0.5) is 18.9 Å². The number of hydrogen-bond acceptors (Lipinski definition) is 5. The van der Waals surface area contributed by atoms with Crippen LogP contribution in [0.15, 0.2) is 47.4 Å². The van der Waals surface area contributed by atoms with Gasteiger partial charge in [-0.15, -0.1) is 13.2 Å². The number of sulfone groups is 1. The number of nitriles is 1. The lowest BCUT2D eigenvalue weighted by Crippen LogP contribution is -2.44. The van der Waals surface area contributed by atoms with Crippen molar-refractivity contribution in [3.8, 4) is 6.07 Å². The Labute approximate surface area is 184 Å². The molecule has 2 aromatic rings. The summed E-state index contributed by atoms with van der Waals surface area (Å²) < 4.78 is 66.4. The summed E-state index contributed by atoms with van der Waals surface area (Å²) in [5, 5.41) is 8.87. The minimum absolute atomic E-state index is 0.0673. The Morgan fingerprint density at radius 2 is 1.81 bits per heavy atom. The van der Waals surface area contributed by atoms with E-state index >= 15 is 0 Å². The van der Waals surface area contributed by atoms with E-state index in [9.17, 15) is 26.4 Å². The Kier molecular flexibility index (Phi) is 6.36. The molecule has 0 saturated heterocycles. The Morgan fingerprint density at radius 1 is 1.16 bits per heavy atom. The summed E-state index contributed by atoms with van der Waals surface area (Å²) in [5.41, 5.74) is 1.33. The van der Waals surface area contributed by atoms with Gasteiger partial charge in [-0.1, -0.05) is 26.0 Å². The van der Waals surface area contributed by atoms with E-state index in [0.29, 0.717) is 22.4 Å². The normalized spacial score (nSPS) is 15.9. The van der Waals surface area contributed by atoms with Gasteiger partial charge in [-0.25, -0.2) is 8.42 Å². The standard InChI is InChI=1S/C22H21F3N2O4S/c1-21(2)12-20(28)27(9-10-31-22(23,24)25)19-8-5-16(11-18(19)21)14-32(29,30)17-6-3-15(13-26)4-7-17/h3-8,11H,9-10,12,14H2,1-2H3. The van der Waals surface area contributed by atoms with Crippen LogP contribution in [-0.4, -0.2) is 33.8 Å². The van der Waals surface area contributed by atoms with Gasteiger partial charge in [-0.05, 0) is 41.5 Å². The van der Waals surface area contributed by atoms with Gasteiger partial charge in [0.1, 0.15) is 0 Å². The third-order valence-corrected chi connectivity index (χ3v) is 6.96. The van der Waals surface area contributed by atoms with Crippen molar-refractivity contribution in [2.75, 3.05) is 18.1 Å². The molecule has 0 atom stereocenters. The second kappa shape index (κ2) is 8.56. The van der Waals surface area contributed by atoms with Gasteiger partial charge in [0.2, 0.25) is 5.91 Å². The predicted molar refractivity (Wildman–Crippen MR) is 110 cm³/mol. The molecule has 0 radical (unpaired) electrons. The second-order valence-corrected chi connectivity index (χ2v) is 10.1. The first-order valence-electron chi connectivity index (χ1n) is 9.70. The second-order valence-electron chi connectivity index (χ2n) is 8.15. The summed E-state index contributed by atoms with van der Waals surface area (Å²) in [6, 6.07) is 12.3. The van der Waals surface area contributed by atoms with Gasteiger partial charge >= 0.3 is 6.36 Å². The minimum Gasteiger partial charge on any atom is -0.310 e. The summed E-state index contributed by atoms with van der Waals surface area (Å²) in [6.45, 7) is 2.67. The Bertz CT molecular complexity index is 1170. The number of hydrogen-bond donors (Lipinski definition) is 0. The fraction of sp³-hybridized carbons (Fsp3) is 0.364. The molecule has 0 aromatic heterocycles. The molecule has 1 aliphatic rings. The molecule has 1 aliphatic heterocycles. The largest absolute Gasteiger partial charge is 0.522 e. The van der Waals surface area contributed by atoms with Gasteiger partial charge in [0.25, 0.3) is 0 Å². The molecule has 0 saturated carbocycles. The highest BCUT2D eigenvalue weighted by atomic mass is 32.2. The van der Waals surface area contributed by atoms with E-state index in [1.807, 2.05) is 19.9 Å². The zero-order valence-corrected chi connectivity index (χ0v) is 18.3. The maximum absolute atomic E-state index is 12.8. The molecule has 1 amide bonds. The first kappa shape index (κ1) is 23.8. The number of carbonyl (C=O) groups excluding carboxylic acids is 1. The lowest BCUT2D eigenvalue weighted by molar-refractivity contribution is -0.323. The van der Waals surface area contributed by atoms with E-state index in [4.69, 9.17) is 5.26 Å². The summed E-state index contributed by atoms with van der Waals surface area (Å²) in [5.74, 6) is -0.626. The molecule has 10 heteroatoms. The molecular weight excluding hydrogens is 445 g/mol. The summed E-state index contributed by atoms with van der Waals surface area (Å²) >= 11 is 0. The van der Waals surface area contributed by atoms with E-state index in [-0.39, 0.29) is 29.5 Å². The molecule has 2 aromatic carbocycles. The van der Waals surface area contributed by atoms with Crippen molar-refractivity contribution in [1.82, 2.24) is 0 Å². The maximum Gasteiger partial charge on any atom is 0.522 e. The smallest absolute Gasteiger partial charge is 0.310 e. The molecular formula is C22H21F3N2O4S. The Hall–Kier alpha value is -2.90. The van der Waals surface area contributed by atoms with E-state index in [1.54, 1.807) is 18.2 Å². The monoisotopic (exact) mass is 466 g/mol. The van der Waals surface area contributed by atoms with E-state index < -0.39 is 28.2 Å². The number of rotatable bonds is 6. The van der Waals surface area contributed by atoms with Crippen molar-refractivity contribution < 1.29 is 31.1 Å². The molecule has 6 nitrogen and oxygen atoms in total. The first-order valence-corrected chi connectivity index (χ1v) is 11.3. The van der Waals surface area contributed by atoms with E-state index in [0.717, 1.165) is 0 Å². The third kappa shape index (κ3) is 5.29. The van der Waals surface area contributed by atoms with Crippen LogP contribution in [0.1, 0.15) is 37.0 Å². The molecule has 0 fully saturated rings. The number of fused-ring (bicyclic) bond motifs is 1. The molecule has 1 heterocycles. The van der Waals surface area contributed by atoms with Crippen LogP contribution in [0.2, 0.25) is 0 Å². The van der Waals surface area contributed by atoms with Gasteiger partial charge in [0.15, 0.2) is 9.84 Å². The number of ether oxygens (including phenoxy) is 1. The van der Waals surface area contributed by atoms with E-state index in [2.05, 4.69) is 4.74 Å². The SMILES string of the molecule is CC1(C)CC(=O)N(CCOC(F)(F)F)c2ccc(CS(=O)(=O)c3ccc(C#N)cc3)cc21. The van der Waals surface area contributed by atoms with Crippen molar-refractivity contribution >= 4 is 21.4 Å². The van der Waals surface area contributed by atoms with Crippen molar-refractivity contribution in [3.05, 3.63) is 59.2 Å². The number of amides is 1. The topological polar surface area (TPSA) is 87.5 Å². The number of halogens is 3. The Morgan fingerprint density at radius 3 is 2.41 bits per heavy atom. The van der Waals surface area contributed by atoms with Crippen molar-refractivity contribution in [2.45, 2.75) is 42.7 Å². The van der Waals surface area contributed by atoms with Crippen LogP contribution >= 0.6 is 0 Å². The summed E-state index contributed by atoms with van der Waals surface area (Å²) in [6.07, 6.45) is -4.72. The molecule has 0 unspecified atom stereocenters. The highest BCUT2D eigenvalue weighted by molar-refractivity contribution is 7.90. The molecule has 170 valence electrons. The van der Waals surface area contributed by atoms with Gasteiger partial charge in [0.05, 0.1) is 28.9 Å². The van der Waals surface area contributed by atoms with Crippen molar-refractivity contribution in [1.29, 1.82) is 5.26 Å².